The predicted octanol–water partition coefficient (Wildman–Crippen LogP) is 0.594. The van der Waals surface area contributed by atoms with E-state index < -0.39 is 5.97 Å². The summed E-state index contributed by atoms with van der Waals surface area (Å²) in [4.78, 5) is 24.6. The molecule has 1 saturated carbocycles. The van der Waals surface area contributed by atoms with Crippen LogP contribution in [0.1, 0.15) is 38.5 Å². The Hall–Kier alpha value is -1.10. The van der Waals surface area contributed by atoms with Crippen LogP contribution in [0.25, 0.3) is 0 Å². The molecule has 0 aromatic carbocycles. The number of nitrogens with one attached hydrogen (secondary N) is 1. The molecule has 1 saturated heterocycles. The third-order valence-electron chi connectivity index (χ3n) is 3.45. The minimum atomic E-state index is -0.833. The van der Waals surface area contributed by atoms with E-state index in [-0.39, 0.29) is 18.4 Å². The van der Waals surface area contributed by atoms with Crippen molar-refractivity contribution in [3.8, 4) is 0 Å². The van der Waals surface area contributed by atoms with Crippen molar-refractivity contribution in [1.29, 1.82) is 0 Å². The zero-order valence-electron chi connectivity index (χ0n) is 10.0. The summed E-state index contributed by atoms with van der Waals surface area (Å²) < 4.78 is 0. The van der Waals surface area contributed by atoms with Crippen molar-refractivity contribution in [2.75, 3.05) is 13.1 Å². The Morgan fingerprint density at radius 2 is 2.00 bits per heavy atom. The van der Waals surface area contributed by atoms with Gasteiger partial charge in [-0.3, -0.25) is 9.59 Å². The fourth-order valence-electron chi connectivity index (χ4n) is 2.34. The van der Waals surface area contributed by atoms with Gasteiger partial charge in [-0.1, -0.05) is 6.42 Å². The van der Waals surface area contributed by atoms with Crippen LogP contribution in [0.15, 0.2) is 0 Å². The van der Waals surface area contributed by atoms with Gasteiger partial charge in [0.15, 0.2) is 0 Å². The summed E-state index contributed by atoms with van der Waals surface area (Å²) in [5.41, 5.74) is 0. The van der Waals surface area contributed by atoms with Gasteiger partial charge >= 0.3 is 5.97 Å². The maximum atomic E-state index is 12.3. The molecule has 0 aromatic rings. The van der Waals surface area contributed by atoms with E-state index in [0.717, 1.165) is 38.6 Å². The molecule has 5 heteroatoms. The van der Waals surface area contributed by atoms with Crippen LogP contribution in [0, 0.1) is 0 Å². The number of nitrogens with zero attached hydrogens (tertiary/aromatic N) is 1. The fraction of sp³-hybridized carbons (Fsp3) is 0.833. The topological polar surface area (TPSA) is 69.6 Å². The first-order valence-corrected chi connectivity index (χ1v) is 6.44. The smallest absolute Gasteiger partial charge is 0.305 e. The second-order valence-corrected chi connectivity index (χ2v) is 4.91. The Bertz CT molecular complexity index is 296. The average Bonchev–Trinajstić information content (AvgIpc) is 3.14. The molecule has 2 rings (SSSR count). The highest BCUT2D eigenvalue weighted by atomic mass is 16.4. The predicted molar refractivity (Wildman–Crippen MR) is 62.6 cm³/mol. The Balaban J connectivity index is 1.89. The molecule has 0 unspecified atom stereocenters. The Kier molecular flexibility index (Phi) is 3.99. The Morgan fingerprint density at radius 1 is 1.24 bits per heavy atom. The number of rotatable bonds is 5. The van der Waals surface area contributed by atoms with Crippen molar-refractivity contribution in [2.24, 2.45) is 0 Å². The van der Waals surface area contributed by atoms with Crippen LogP contribution in [0.3, 0.4) is 0 Å². The van der Waals surface area contributed by atoms with E-state index in [0.29, 0.717) is 12.6 Å². The quantitative estimate of drug-likeness (QED) is 0.738. The summed E-state index contributed by atoms with van der Waals surface area (Å²) in [6.07, 6.45) is 5.20. The number of aliphatic carboxylic acids is 1. The molecule has 0 aromatic heterocycles. The molecule has 17 heavy (non-hydrogen) atoms. The van der Waals surface area contributed by atoms with Crippen molar-refractivity contribution in [1.82, 2.24) is 10.2 Å². The molecular weight excluding hydrogens is 220 g/mol. The molecular formula is C12H20N2O3. The number of carboxylic acid groups (broad SMARTS) is 1. The molecule has 2 aliphatic rings. The van der Waals surface area contributed by atoms with Crippen molar-refractivity contribution in [3.05, 3.63) is 0 Å². The van der Waals surface area contributed by atoms with E-state index in [2.05, 4.69) is 5.32 Å². The monoisotopic (exact) mass is 240 g/mol. The van der Waals surface area contributed by atoms with Crippen LogP contribution in [-0.2, 0) is 9.59 Å². The van der Waals surface area contributed by atoms with Crippen molar-refractivity contribution in [3.63, 3.8) is 0 Å². The van der Waals surface area contributed by atoms with E-state index in [1.54, 1.807) is 4.90 Å². The van der Waals surface area contributed by atoms with Crippen LogP contribution in [0.4, 0.5) is 0 Å². The van der Waals surface area contributed by atoms with Crippen LogP contribution in [-0.4, -0.2) is 47.1 Å². The van der Waals surface area contributed by atoms with E-state index in [1.165, 1.54) is 0 Å². The molecule has 5 nitrogen and oxygen atoms in total. The van der Waals surface area contributed by atoms with Crippen molar-refractivity contribution in [2.45, 2.75) is 50.6 Å². The second kappa shape index (κ2) is 5.49. The first-order valence-electron chi connectivity index (χ1n) is 6.44. The minimum absolute atomic E-state index is 0.0506. The normalized spacial score (nSPS) is 24.4. The number of carboxylic acids is 1. The molecule has 0 spiro atoms. The van der Waals surface area contributed by atoms with E-state index in [4.69, 9.17) is 5.11 Å². The van der Waals surface area contributed by atoms with Gasteiger partial charge in [-0.2, -0.15) is 0 Å². The third kappa shape index (κ3) is 3.43. The number of carbonyl (C=O) groups excluding carboxylic acids is 1. The highest BCUT2D eigenvalue weighted by Crippen LogP contribution is 2.28. The molecule has 0 bridgehead atoms. The summed E-state index contributed by atoms with van der Waals surface area (Å²) in [6.45, 7) is 1.25. The van der Waals surface area contributed by atoms with Gasteiger partial charge in [0.05, 0.1) is 12.5 Å². The number of amides is 1. The van der Waals surface area contributed by atoms with E-state index >= 15 is 0 Å². The van der Waals surface area contributed by atoms with Gasteiger partial charge in [0.25, 0.3) is 0 Å². The maximum absolute atomic E-state index is 12.3. The lowest BCUT2D eigenvalue weighted by atomic mass is 10.0. The third-order valence-corrected chi connectivity index (χ3v) is 3.45. The fourth-order valence-corrected chi connectivity index (χ4v) is 2.34. The van der Waals surface area contributed by atoms with Gasteiger partial charge in [0.2, 0.25) is 5.91 Å². The highest BCUT2D eigenvalue weighted by Gasteiger charge is 2.36. The first kappa shape index (κ1) is 12.4. The van der Waals surface area contributed by atoms with Crippen molar-refractivity contribution >= 4 is 11.9 Å². The summed E-state index contributed by atoms with van der Waals surface area (Å²) >= 11 is 0. The van der Waals surface area contributed by atoms with Gasteiger partial charge in [-0.05, 0) is 32.2 Å². The largest absolute Gasteiger partial charge is 0.481 e. The first-order chi connectivity index (χ1) is 8.18. The number of piperidine rings is 1. The average molecular weight is 240 g/mol. The Morgan fingerprint density at radius 3 is 2.53 bits per heavy atom. The molecule has 1 atom stereocenters. The number of hydrogen-bond acceptors (Lipinski definition) is 3. The standard InChI is InChI=1S/C12H20N2O3/c15-11(16)6-8-14(9-4-5-9)12(17)10-3-1-2-7-13-10/h9-10,13H,1-8H2,(H,15,16)/t10-/m1/s1. The van der Waals surface area contributed by atoms with Crippen LogP contribution < -0.4 is 5.32 Å². The van der Waals surface area contributed by atoms with Gasteiger partial charge in [0, 0.05) is 12.6 Å². The minimum Gasteiger partial charge on any atom is -0.481 e. The summed E-state index contributed by atoms with van der Waals surface area (Å²) in [6, 6.07) is 0.212. The van der Waals surface area contributed by atoms with Crippen LogP contribution in [0.5, 0.6) is 0 Å². The van der Waals surface area contributed by atoms with E-state index in [1.807, 2.05) is 0 Å². The lowest BCUT2D eigenvalue weighted by Crippen LogP contribution is -2.49. The molecule has 1 heterocycles. The van der Waals surface area contributed by atoms with Gasteiger partial charge in [0.1, 0.15) is 0 Å². The Labute approximate surface area is 101 Å². The lowest BCUT2D eigenvalue weighted by molar-refractivity contribution is -0.139. The van der Waals surface area contributed by atoms with Gasteiger partial charge < -0.3 is 15.3 Å². The zero-order valence-corrected chi connectivity index (χ0v) is 10.0. The van der Waals surface area contributed by atoms with Gasteiger partial charge in [-0.15, -0.1) is 0 Å². The van der Waals surface area contributed by atoms with Crippen LogP contribution >= 0.6 is 0 Å². The zero-order chi connectivity index (χ0) is 12.3. The molecule has 2 fully saturated rings. The molecule has 1 aliphatic carbocycles. The molecule has 2 N–H and O–H groups in total. The molecule has 0 radical (unpaired) electrons. The maximum Gasteiger partial charge on any atom is 0.305 e. The summed E-state index contributed by atoms with van der Waals surface area (Å²) in [5.74, 6) is -0.728. The van der Waals surface area contributed by atoms with E-state index in [9.17, 15) is 9.59 Å². The number of carbonyl (C=O) groups is 2. The summed E-state index contributed by atoms with van der Waals surface area (Å²) in [5, 5.41) is 11.9. The molecule has 1 amide bonds. The lowest BCUT2D eigenvalue weighted by Gasteiger charge is -2.29. The molecule has 96 valence electrons. The SMILES string of the molecule is O=C(O)CCN(C(=O)[C@H]1CCCCN1)C1CC1. The van der Waals surface area contributed by atoms with Gasteiger partial charge in [-0.25, -0.2) is 0 Å². The second-order valence-electron chi connectivity index (χ2n) is 4.91. The molecule has 1 aliphatic heterocycles. The number of hydrogen-bond donors (Lipinski definition) is 2. The van der Waals surface area contributed by atoms with Crippen LogP contribution in [0.2, 0.25) is 0 Å². The summed E-state index contributed by atoms with van der Waals surface area (Å²) in [7, 11) is 0. The van der Waals surface area contributed by atoms with Crippen molar-refractivity contribution < 1.29 is 14.7 Å². The highest BCUT2D eigenvalue weighted by molar-refractivity contribution is 5.83.